The lowest BCUT2D eigenvalue weighted by Crippen LogP contribution is -2.47. The van der Waals surface area contributed by atoms with Crippen molar-refractivity contribution in [2.45, 2.75) is 12.8 Å². The van der Waals surface area contributed by atoms with Gasteiger partial charge in [-0.15, -0.1) is 12.4 Å². The number of rotatable bonds is 4. The van der Waals surface area contributed by atoms with Crippen LogP contribution in [0.4, 0.5) is 0 Å². The number of carbonyl (C=O) groups is 1. The van der Waals surface area contributed by atoms with E-state index >= 15 is 0 Å². The lowest BCUT2D eigenvalue weighted by molar-refractivity contribution is -0.139. The van der Waals surface area contributed by atoms with Crippen LogP contribution in [0.2, 0.25) is 0 Å². The van der Waals surface area contributed by atoms with E-state index in [0.29, 0.717) is 5.75 Å². The first kappa shape index (κ1) is 17.6. The predicted molar refractivity (Wildman–Crippen MR) is 88.7 cm³/mol. The normalized spacial score (nSPS) is 19.2. The van der Waals surface area contributed by atoms with Gasteiger partial charge in [0.2, 0.25) is 0 Å². The average Bonchev–Trinajstić information content (AvgIpc) is 2.55. The van der Waals surface area contributed by atoms with E-state index in [1.807, 2.05) is 12.1 Å². The monoisotopic (exact) mass is 340 g/mol. The minimum absolute atomic E-state index is 0. The molecule has 3 rings (SSSR count). The van der Waals surface area contributed by atoms with E-state index in [4.69, 9.17) is 19.6 Å². The van der Waals surface area contributed by atoms with Crippen molar-refractivity contribution >= 4 is 24.2 Å². The fourth-order valence-corrected chi connectivity index (χ4v) is 2.82. The molecule has 0 aromatic heterocycles. The van der Waals surface area contributed by atoms with Crippen LogP contribution in [0.15, 0.2) is 29.3 Å². The summed E-state index contributed by atoms with van der Waals surface area (Å²) in [6, 6.07) is 7.32. The molecule has 0 unspecified atom stereocenters. The molecule has 1 fully saturated rings. The molecule has 6 nitrogen and oxygen atoms in total. The van der Waals surface area contributed by atoms with Gasteiger partial charge in [0.15, 0.2) is 6.61 Å². The van der Waals surface area contributed by atoms with Gasteiger partial charge >= 0.3 is 5.97 Å². The number of nitrogens with one attached hydrogen (secondary N) is 1. The number of benzene rings is 1. The number of carboxylic acids is 1. The zero-order valence-electron chi connectivity index (χ0n) is 12.8. The van der Waals surface area contributed by atoms with Crippen molar-refractivity contribution in [1.82, 2.24) is 5.32 Å². The summed E-state index contributed by atoms with van der Waals surface area (Å²) in [5, 5.41) is 12.0. The molecule has 7 heteroatoms. The van der Waals surface area contributed by atoms with Gasteiger partial charge < -0.3 is 19.9 Å². The van der Waals surface area contributed by atoms with Crippen molar-refractivity contribution in [3.05, 3.63) is 29.8 Å². The van der Waals surface area contributed by atoms with Crippen molar-refractivity contribution in [3.8, 4) is 5.75 Å². The molecule has 2 N–H and O–H groups in total. The highest BCUT2D eigenvalue weighted by molar-refractivity contribution is 5.99. The van der Waals surface area contributed by atoms with Crippen LogP contribution in [0.1, 0.15) is 18.4 Å². The van der Waals surface area contributed by atoms with Gasteiger partial charge in [0, 0.05) is 37.3 Å². The minimum atomic E-state index is -0.982. The van der Waals surface area contributed by atoms with Crippen molar-refractivity contribution in [3.63, 3.8) is 0 Å². The maximum absolute atomic E-state index is 10.5. The number of nitrogens with zero attached hydrogens (tertiary/aromatic N) is 1. The molecule has 0 atom stereocenters. The molecule has 23 heavy (non-hydrogen) atoms. The zero-order valence-corrected chi connectivity index (χ0v) is 13.6. The molecule has 1 spiro atoms. The van der Waals surface area contributed by atoms with Gasteiger partial charge in [-0.25, -0.2) is 4.79 Å². The molecule has 0 aliphatic carbocycles. The second kappa shape index (κ2) is 7.66. The number of aliphatic imine (C=N–C) groups is 1. The van der Waals surface area contributed by atoms with Gasteiger partial charge in [-0.2, -0.15) is 0 Å². The molecule has 2 aliphatic rings. The van der Waals surface area contributed by atoms with Gasteiger partial charge in [0.05, 0.1) is 0 Å². The lowest BCUT2D eigenvalue weighted by Gasteiger charge is -2.39. The van der Waals surface area contributed by atoms with Crippen LogP contribution >= 0.6 is 12.4 Å². The first-order chi connectivity index (χ1) is 10.7. The van der Waals surface area contributed by atoms with E-state index < -0.39 is 5.97 Å². The largest absolute Gasteiger partial charge is 0.482 e. The summed E-state index contributed by atoms with van der Waals surface area (Å²) in [6.45, 7) is 3.07. The Morgan fingerprint density at radius 1 is 1.30 bits per heavy atom. The number of carboxylic acid groups (broad SMARTS) is 1. The molecule has 0 bridgehead atoms. The van der Waals surface area contributed by atoms with Gasteiger partial charge in [0.1, 0.15) is 11.6 Å². The standard InChI is InChI=1S/C16H20N2O4.ClH/c19-14(20)9-22-13-3-1-12(2-4-13)15-17-10-16(11-18-15)5-7-21-8-6-16;/h1-4H,5-11H2,(H,17,18)(H,19,20);1H. The molecule has 1 aromatic rings. The third kappa shape index (κ3) is 4.36. The van der Waals surface area contributed by atoms with Gasteiger partial charge in [0.25, 0.3) is 0 Å². The number of ether oxygens (including phenoxy) is 2. The van der Waals surface area contributed by atoms with E-state index in [-0.39, 0.29) is 24.4 Å². The molecular formula is C16H21ClN2O4. The first-order valence-corrected chi connectivity index (χ1v) is 7.48. The molecule has 2 heterocycles. The molecule has 1 saturated heterocycles. The maximum Gasteiger partial charge on any atom is 0.341 e. The Labute approximate surface area is 141 Å². The van der Waals surface area contributed by atoms with Crippen LogP contribution in [0.5, 0.6) is 5.75 Å². The maximum atomic E-state index is 10.5. The van der Waals surface area contributed by atoms with Gasteiger partial charge in [-0.1, -0.05) is 0 Å². The smallest absolute Gasteiger partial charge is 0.341 e. The Morgan fingerprint density at radius 3 is 2.57 bits per heavy atom. The number of hydrogen-bond donors (Lipinski definition) is 2. The molecule has 2 aliphatic heterocycles. The van der Waals surface area contributed by atoms with Crippen molar-refractivity contribution in [1.29, 1.82) is 0 Å². The second-order valence-corrected chi connectivity index (χ2v) is 5.84. The highest BCUT2D eigenvalue weighted by Gasteiger charge is 2.35. The lowest BCUT2D eigenvalue weighted by atomic mass is 9.79. The average molecular weight is 341 g/mol. The Morgan fingerprint density at radius 2 is 2.00 bits per heavy atom. The summed E-state index contributed by atoms with van der Waals surface area (Å²) >= 11 is 0. The summed E-state index contributed by atoms with van der Waals surface area (Å²) in [4.78, 5) is 15.2. The number of amidine groups is 1. The summed E-state index contributed by atoms with van der Waals surface area (Å²) in [5.41, 5.74) is 1.23. The Balaban J connectivity index is 0.00000192. The molecule has 0 radical (unpaired) electrons. The summed E-state index contributed by atoms with van der Waals surface area (Å²) in [6.07, 6.45) is 2.11. The van der Waals surface area contributed by atoms with E-state index in [1.54, 1.807) is 12.1 Å². The van der Waals surface area contributed by atoms with E-state index in [9.17, 15) is 4.79 Å². The fraction of sp³-hybridized carbons (Fsp3) is 0.500. The first-order valence-electron chi connectivity index (χ1n) is 7.48. The quantitative estimate of drug-likeness (QED) is 0.872. The van der Waals surface area contributed by atoms with Crippen LogP contribution < -0.4 is 10.1 Å². The van der Waals surface area contributed by atoms with Crippen molar-refractivity contribution in [2.75, 3.05) is 32.9 Å². The fourth-order valence-electron chi connectivity index (χ4n) is 2.82. The topological polar surface area (TPSA) is 80.2 Å². The van der Waals surface area contributed by atoms with Crippen molar-refractivity contribution in [2.24, 2.45) is 10.4 Å². The highest BCUT2D eigenvalue weighted by Crippen LogP contribution is 2.32. The molecule has 1 aromatic carbocycles. The molecule has 0 amide bonds. The molecular weight excluding hydrogens is 320 g/mol. The van der Waals surface area contributed by atoms with E-state index in [1.165, 1.54) is 0 Å². The van der Waals surface area contributed by atoms with Crippen LogP contribution in [0.25, 0.3) is 0 Å². The number of aliphatic carboxylic acids is 1. The predicted octanol–water partition coefficient (Wildman–Crippen LogP) is 1.72. The molecule has 126 valence electrons. The Bertz CT molecular complexity index is 568. The second-order valence-electron chi connectivity index (χ2n) is 5.84. The zero-order chi connectivity index (χ0) is 15.4. The van der Waals surface area contributed by atoms with Crippen molar-refractivity contribution < 1.29 is 19.4 Å². The summed E-state index contributed by atoms with van der Waals surface area (Å²) in [7, 11) is 0. The van der Waals surface area contributed by atoms with Gasteiger partial charge in [-0.3, -0.25) is 4.99 Å². The number of hydrogen-bond acceptors (Lipinski definition) is 5. The Hall–Kier alpha value is -1.79. The van der Waals surface area contributed by atoms with Crippen LogP contribution in [0, 0.1) is 5.41 Å². The minimum Gasteiger partial charge on any atom is -0.482 e. The molecule has 0 saturated carbocycles. The third-order valence-electron chi connectivity index (χ3n) is 4.25. The number of halogens is 1. The van der Waals surface area contributed by atoms with Crippen LogP contribution in [-0.2, 0) is 9.53 Å². The van der Waals surface area contributed by atoms with E-state index in [0.717, 1.165) is 50.5 Å². The van der Waals surface area contributed by atoms with Crippen LogP contribution in [-0.4, -0.2) is 49.8 Å². The van der Waals surface area contributed by atoms with E-state index in [2.05, 4.69) is 5.32 Å². The summed E-state index contributed by atoms with van der Waals surface area (Å²) < 4.78 is 10.6. The van der Waals surface area contributed by atoms with Crippen LogP contribution in [0.3, 0.4) is 0 Å². The SMILES string of the molecule is Cl.O=C(O)COc1ccc(C2=NCC3(CCOCC3)CN2)cc1. The Kier molecular flexibility index (Phi) is 5.85. The summed E-state index contributed by atoms with van der Waals surface area (Å²) in [5.74, 6) is 0.453. The third-order valence-corrected chi connectivity index (χ3v) is 4.25. The highest BCUT2D eigenvalue weighted by atomic mass is 35.5. The van der Waals surface area contributed by atoms with Gasteiger partial charge in [-0.05, 0) is 37.1 Å².